The smallest absolute Gasteiger partial charge is 0.342 e. The Morgan fingerprint density at radius 3 is 2.21 bits per heavy atom. The third kappa shape index (κ3) is 4.97. The van der Waals surface area contributed by atoms with Crippen LogP contribution in [0.4, 0.5) is 0 Å². The topological polar surface area (TPSA) is 91.4 Å². The van der Waals surface area contributed by atoms with Gasteiger partial charge in [0.2, 0.25) is 0 Å². The summed E-state index contributed by atoms with van der Waals surface area (Å²) >= 11 is 0. The van der Waals surface area contributed by atoms with Crippen LogP contribution in [0.5, 0.6) is 17.2 Å². The molecule has 0 spiro atoms. The minimum atomic E-state index is -1.54. The summed E-state index contributed by atoms with van der Waals surface area (Å²) in [5.74, 6) is 0.229. The number of amides is 1. The van der Waals surface area contributed by atoms with Gasteiger partial charge in [0.15, 0.2) is 17.8 Å². The molecule has 3 aromatic carbocycles. The van der Waals surface area contributed by atoms with E-state index < -0.39 is 11.5 Å². The summed E-state index contributed by atoms with van der Waals surface area (Å²) in [5.41, 5.74) is 1.75. The number of aryl methyl sites for hydroxylation is 1. The van der Waals surface area contributed by atoms with Crippen LogP contribution in [-0.2, 0) is 21.5 Å². The van der Waals surface area contributed by atoms with E-state index in [1.54, 1.807) is 61.7 Å². The monoisotopic (exact) mass is 529 g/mol. The van der Waals surface area contributed by atoms with Gasteiger partial charge in [-0.25, -0.2) is 4.79 Å². The summed E-state index contributed by atoms with van der Waals surface area (Å²) < 4.78 is 21.8. The van der Waals surface area contributed by atoms with Crippen LogP contribution < -0.4 is 14.2 Å². The lowest BCUT2D eigenvalue weighted by Gasteiger charge is -2.42. The predicted octanol–water partition coefficient (Wildman–Crippen LogP) is 4.96. The second-order valence-corrected chi connectivity index (χ2v) is 9.09. The zero-order valence-corrected chi connectivity index (χ0v) is 22.6. The molecule has 1 aliphatic rings. The van der Waals surface area contributed by atoms with Gasteiger partial charge in [0, 0.05) is 18.2 Å². The number of carbonyl (C=O) groups is 3. The van der Waals surface area contributed by atoms with E-state index in [-0.39, 0.29) is 24.5 Å². The molecular formula is C31H31NO7. The Morgan fingerprint density at radius 1 is 0.923 bits per heavy atom. The first kappa shape index (κ1) is 27.4. The zero-order chi connectivity index (χ0) is 28.2. The van der Waals surface area contributed by atoms with Crippen LogP contribution >= 0.6 is 0 Å². The molecule has 202 valence electrons. The van der Waals surface area contributed by atoms with Gasteiger partial charge in [-0.2, -0.15) is 0 Å². The lowest BCUT2D eigenvalue weighted by atomic mass is 9.77. The highest BCUT2D eigenvalue weighted by molar-refractivity contribution is 5.99. The standard InChI is InChI=1S/C31H31NO7/c1-6-39-30(35)28-23(8-7-9-25(28)36-3)18-31(19-33)24-17-27(38-5)26(37-4)16-22(24)14-15-32(31)29(34)21-12-10-20(2)11-13-21/h7-17,19H,6,18H2,1-5H3. The van der Waals surface area contributed by atoms with Crippen LogP contribution in [0.2, 0.25) is 0 Å². The highest BCUT2D eigenvalue weighted by atomic mass is 16.5. The Hall–Kier alpha value is -4.59. The Bertz CT molecular complexity index is 1430. The van der Waals surface area contributed by atoms with Gasteiger partial charge in [-0.3, -0.25) is 9.69 Å². The fourth-order valence-electron chi connectivity index (χ4n) is 4.87. The van der Waals surface area contributed by atoms with Crippen molar-refractivity contribution < 1.29 is 33.3 Å². The molecule has 0 fully saturated rings. The van der Waals surface area contributed by atoms with E-state index in [9.17, 15) is 14.4 Å². The number of benzene rings is 3. The Kier molecular flexibility index (Phi) is 8.04. The van der Waals surface area contributed by atoms with E-state index in [1.165, 1.54) is 26.2 Å². The summed E-state index contributed by atoms with van der Waals surface area (Å²) in [5, 5.41) is 0. The molecule has 0 aliphatic carbocycles. The largest absolute Gasteiger partial charge is 0.496 e. The van der Waals surface area contributed by atoms with Gasteiger partial charge >= 0.3 is 5.97 Å². The molecular weight excluding hydrogens is 498 g/mol. The van der Waals surface area contributed by atoms with Gasteiger partial charge in [0.1, 0.15) is 16.9 Å². The van der Waals surface area contributed by atoms with E-state index in [4.69, 9.17) is 18.9 Å². The first-order valence-corrected chi connectivity index (χ1v) is 12.5. The number of esters is 1. The van der Waals surface area contributed by atoms with Gasteiger partial charge in [-0.05, 0) is 66.9 Å². The van der Waals surface area contributed by atoms with Gasteiger partial charge in [-0.15, -0.1) is 0 Å². The summed E-state index contributed by atoms with van der Waals surface area (Å²) in [6, 6.07) is 15.7. The average molecular weight is 530 g/mol. The van der Waals surface area contributed by atoms with Crippen LogP contribution in [-0.4, -0.2) is 51.0 Å². The van der Waals surface area contributed by atoms with Crippen LogP contribution in [0.15, 0.2) is 60.8 Å². The van der Waals surface area contributed by atoms with Crippen LogP contribution in [0.1, 0.15) is 49.9 Å². The van der Waals surface area contributed by atoms with Crippen molar-refractivity contribution in [3.63, 3.8) is 0 Å². The molecule has 0 N–H and O–H groups in total. The Balaban J connectivity index is 1.97. The molecule has 0 aromatic heterocycles. The van der Waals surface area contributed by atoms with Crippen molar-refractivity contribution >= 4 is 24.2 Å². The van der Waals surface area contributed by atoms with Crippen LogP contribution in [0.3, 0.4) is 0 Å². The number of hydrogen-bond acceptors (Lipinski definition) is 7. The molecule has 8 nitrogen and oxygen atoms in total. The Labute approximate surface area is 227 Å². The van der Waals surface area contributed by atoms with Gasteiger partial charge in [-0.1, -0.05) is 29.8 Å². The van der Waals surface area contributed by atoms with Crippen molar-refractivity contribution in [1.82, 2.24) is 4.90 Å². The molecule has 0 saturated heterocycles. The fraction of sp³-hybridized carbons (Fsp3) is 0.258. The van der Waals surface area contributed by atoms with Crippen molar-refractivity contribution in [2.75, 3.05) is 27.9 Å². The molecule has 1 heterocycles. The number of rotatable bonds is 9. The molecule has 1 amide bonds. The third-order valence-electron chi connectivity index (χ3n) is 6.84. The van der Waals surface area contributed by atoms with Crippen molar-refractivity contribution in [2.24, 2.45) is 0 Å². The molecule has 1 unspecified atom stereocenters. The molecule has 0 saturated carbocycles. The normalized spacial score (nSPS) is 15.8. The molecule has 1 atom stereocenters. The van der Waals surface area contributed by atoms with Crippen molar-refractivity contribution in [2.45, 2.75) is 25.8 Å². The number of aldehydes is 1. The van der Waals surface area contributed by atoms with E-state index in [1.807, 2.05) is 19.1 Å². The van der Waals surface area contributed by atoms with E-state index in [0.29, 0.717) is 39.5 Å². The number of carbonyl (C=O) groups excluding carboxylic acids is 3. The number of hydrogen-bond donors (Lipinski definition) is 0. The SMILES string of the molecule is CCOC(=O)c1c(CC2(C=O)c3cc(OC)c(OC)cc3C=CN2C(=O)c2ccc(C)cc2)cccc1OC. The average Bonchev–Trinajstić information content (AvgIpc) is 2.96. The van der Waals surface area contributed by atoms with Crippen molar-refractivity contribution in [1.29, 1.82) is 0 Å². The van der Waals surface area contributed by atoms with Gasteiger partial charge in [0.25, 0.3) is 5.91 Å². The highest BCUT2D eigenvalue weighted by Gasteiger charge is 2.45. The first-order chi connectivity index (χ1) is 18.8. The maximum atomic E-state index is 14.0. The van der Waals surface area contributed by atoms with E-state index >= 15 is 0 Å². The Morgan fingerprint density at radius 2 is 1.59 bits per heavy atom. The predicted molar refractivity (Wildman–Crippen MR) is 146 cm³/mol. The quantitative estimate of drug-likeness (QED) is 0.286. The number of methoxy groups -OCH3 is 3. The molecule has 4 rings (SSSR count). The summed E-state index contributed by atoms with van der Waals surface area (Å²) in [4.78, 5) is 41.7. The second kappa shape index (κ2) is 11.4. The molecule has 39 heavy (non-hydrogen) atoms. The second-order valence-electron chi connectivity index (χ2n) is 9.09. The lowest BCUT2D eigenvalue weighted by Crippen LogP contribution is -2.51. The highest BCUT2D eigenvalue weighted by Crippen LogP contribution is 2.44. The van der Waals surface area contributed by atoms with Gasteiger partial charge in [0.05, 0.1) is 27.9 Å². The van der Waals surface area contributed by atoms with Crippen molar-refractivity contribution in [3.8, 4) is 17.2 Å². The van der Waals surface area contributed by atoms with Crippen molar-refractivity contribution in [3.05, 3.63) is 94.2 Å². The number of nitrogens with zero attached hydrogens (tertiary/aromatic N) is 1. The molecule has 3 aromatic rings. The maximum Gasteiger partial charge on any atom is 0.342 e. The summed E-state index contributed by atoms with van der Waals surface area (Å²) in [6.45, 7) is 3.81. The minimum Gasteiger partial charge on any atom is -0.496 e. The zero-order valence-electron chi connectivity index (χ0n) is 22.6. The maximum absolute atomic E-state index is 14.0. The third-order valence-corrected chi connectivity index (χ3v) is 6.84. The summed E-state index contributed by atoms with van der Waals surface area (Å²) in [6.07, 6.45) is 4.05. The first-order valence-electron chi connectivity index (χ1n) is 12.5. The summed E-state index contributed by atoms with van der Waals surface area (Å²) in [7, 11) is 4.49. The van der Waals surface area contributed by atoms with Crippen LogP contribution in [0.25, 0.3) is 6.08 Å². The fourth-order valence-corrected chi connectivity index (χ4v) is 4.87. The molecule has 8 heteroatoms. The van der Waals surface area contributed by atoms with E-state index in [2.05, 4.69) is 0 Å². The lowest BCUT2D eigenvalue weighted by molar-refractivity contribution is -0.116. The number of fused-ring (bicyclic) bond motifs is 1. The molecule has 1 aliphatic heterocycles. The molecule has 0 radical (unpaired) electrons. The van der Waals surface area contributed by atoms with E-state index in [0.717, 1.165) is 11.8 Å². The van der Waals surface area contributed by atoms with Crippen LogP contribution in [0, 0.1) is 6.92 Å². The van der Waals surface area contributed by atoms with Gasteiger partial charge < -0.3 is 23.7 Å². The minimum absolute atomic E-state index is 0.0354. The molecule has 0 bridgehead atoms. The number of ether oxygens (including phenoxy) is 4.